The summed E-state index contributed by atoms with van der Waals surface area (Å²) in [4.78, 5) is 0. The van der Waals surface area contributed by atoms with E-state index >= 15 is 0 Å². The number of hydrogen-bond donors (Lipinski definition) is 2. The van der Waals surface area contributed by atoms with E-state index in [1.165, 1.54) is 7.05 Å². The molecule has 5 nitrogen and oxygen atoms in total. The molecular weight excluding hydrogens is 307 g/mol. The molecule has 126 valence electrons. The Morgan fingerprint density at radius 2 is 1.76 bits per heavy atom. The Morgan fingerprint density at radius 3 is 2.24 bits per heavy atom. The van der Waals surface area contributed by atoms with Crippen LogP contribution < -0.4 is 10.0 Å². The van der Waals surface area contributed by atoms with Crippen LogP contribution in [0.4, 0.5) is 13.2 Å². The first kappa shape index (κ1) is 18.7. The van der Waals surface area contributed by atoms with E-state index in [1.807, 2.05) is 0 Å². The molecule has 21 heavy (non-hydrogen) atoms. The molecule has 0 aromatic carbocycles. The van der Waals surface area contributed by atoms with E-state index in [-0.39, 0.29) is 6.04 Å². The third-order valence-corrected chi connectivity index (χ3v) is 5.29. The summed E-state index contributed by atoms with van der Waals surface area (Å²) in [7, 11) is -2.75. The van der Waals surface area contributed by atoms with Gasteiger partial charge in [-0.2, -0.15) is 30.6 Å². The lowest BCUT2D eigenvalue weighted by atomic mass is 9.91. The lowest BCUT2D eigenvalue weighted by molar-refractivity contribution is -0.121. The largest absolute Gasteiger partial charge is 0.402 e. The van der Waals surface area contributed by atoms with Crippen molar-refractivity contribution in [3.05, 3.63) is 0 Å². The molecule has 2 N–H and O–H groups in total. The van der Waals surface area contributed by atoms with E-state index in [4.69, 9.17) is 0 Å². The maximum atomic E-state index is 12.1. The number of halogens is 3. The highest BCUT2D eigenvalue weighted by Crippen LogP contribution is 2.24. The first-order valence-corrected chi connectivity index (χ1v) is 8.62. The van der Waals surface area contributed by atoms with Crippen molar-refractivity contribution >= 4 is 10.2 Å². The molecule has 1 saturated carbocycles. The van der Waals surface area contributed by atoms with Gasteiger partial charge in [0.2, 0.25) is 0 Å². The average Bonchev–Trinajstić information content (AvgIpc) is 2.42. The van der Waals surface area contributed by atoms with Crippen molar-refractivity contribution in [1.82, 2.24) is 14.3 Å². The van der Waals surface area contributed by atoms with Crippen LogP contribution in [-0.2, 0) is 10.2 Å². The van der Waals surface area contributed by atoms with Gasteiger partial charge in [0.25, 0.3) is 10.2 Å². The standard InChI is InChI=1S/C12H24F3N3O2S/c1-3-8-16-10-4-6-11(7-5-10)18(2)21(19,20)17-9-12(13,14)15/h10-11,16-17H,3-9H2,1-2H3. The number of hydrogen-bond acceptors (Lipinski definition) is 3. The van der Waals surface area contributed by atoms with Crippen LogP contribution in [0.3, 0.4) is 0 Å². The van der Waals surface area contributed by atoms with Gasteiger partial charge >= 0.3 is 6.18 Å². The number of nitrogens with one attached hydrogen (secondary N) is 2. The zero-order chi connectivity index (χ0) is 16.1. The van der Waals surface area contributed by atoms with Gasteiger partial charge < -0.3 is 5.32 Å². The first-order valence-electron chi connectivity index (χ1n) is 7.18. The first-order chi connectivity index (χ1) is 9.65. The molecular formula is C12H24F3N3O2S. The summed E-state index contributed by atoms with van der Waals surface area (Å²) in [5.41, 5.74) is 0. The van der Waals surface area contributed by atoms with Gasteiger partial charge in [-0.05, 0) is 38.6 Å². The van der Waals surface area contributed by atoms with Crippen molar-refractivity contribution in [2.45, 2.75) is 57.3 Å². The zero-order valence-corrected chi connectivity index (χ0v) is 13.2. The Kier molecular flexibility index (Phi) is 6.89. The van der Waals surface area contributed by atoms with Crippen LogP contribution in [0.1, 0.15) is 39.0 Å². The molecule has 0 spiro atoms. The molecule has 0 aromatic rings. The highest BCUT2D eigenvalue weighted by molar-refractivity contribution is 7.87. The van der Waals surface area contributed by atoms with Crippen molar-refractivity contribution in [2.75, 3.05) is 20.1 Å². The summed E-state index contributed by atoms with van der Waals surface area (Å²) >= 11 is 0. The number of nitrogens with zero attached hydrogens (tertiary/aromatic N) is 1. The summed E-state index contributed by atoms with van der Waals surface area (Å²) in [5.74, 6) is 0. The van der Waals surface area contributed by atoms with Gasteiger partial charge in [0.1, 0.15) is 6.54 Å². The SMILES string of the molecule is CCCNC1CCC(N(C)S(=O)(=O)NCC(F)(F)F)CC1. The highest BCUT2D eigenvalue weighted by Gasteiger charge is 2.34. The van der Waals surface area contributed by atoms with Gasteiger partial charge in [0, 0.05) is 19.1 Å². The van der Waals surface area contributed by atoms with Crippen molar-refractivity contribution in [3.63, 3.8) is 0 Å². The molecule has 0 aliphatic heterocycles. The van der Waals surface area contributed by atoms with Crippen LogP contribution in [-0.4, -0.2) is 51.1 Å². The molecule has 0 atom stereocenters. The molecule has 1 aliphatic rings. The second-order valence-electron chi connectivity index (χ2n) is 5.42. The molecule has 0 heterocycles. The van der Waals surface area contributed by atoms with Gasteiger partial charge in [0.15, 0.2) is 0 Å². The van der Waals surface area contributed by atoms with Crippen LogP contribution in [0, 0.1) is 0 Å². The van der Waals surface area contributed by atoms with E-state index < -0.39 is 22.9 Å². The molecule has 0 unspecified atom stereocenters. The fraction of sp³-hybridized carbons (Fsp3) is 1.00. The van der Waals surface area contributed by atoms with Crippen LogP contribution in [0.2, 0.25) is 0 Å². The van der Waals surface area contributed by atoms with Crippen molar-refractivity contribution in [1.29, 1.82) is 0 Å². The highest BCUT2D eigenvalue weighted by atomic mass is 32.2. The lowest BCUT2D eigenvalue weighted by Crippen LogP contribution is -2.49. The van der Waals surface area contributed by atoms with Gasteiger partial charge in [-0.1, -0.05) is 6.92 Å². The van der Waals surface area contributed by atoms with Crippen molar-refractivity contribution in [2.24, 2.45) is 0 Å². The molecule has 0 radical (unpaired) electrons. The topological polar surface area (TPSA) is 61.4 Å². The second kappa shape index (κ2) is 7.75. The predicted molar refractivity (Wildman–Crippen MR) is 75.1 cm³/mol. The van der Waals surface area contributed by atoms with E-state index in [2.05, 4.69) is 12.2 Å². The second-order valence-corrected chi connectivity index (χ2v) is 7.23. The number of rotatable bonds is 7. The molecule has 0 bridgehead atoms. The minimum absolute atomic E-state index is 0.240. The van der Waals surface area contributed by atoms with E-state index in [0.29, 0.717) is 18.9 Å². The number of alkyl halides is 3. The maximum Gasteiger partial charge on any atom is 0.402 e. The fourth-order valence-electron chi connectivity index (χ4n) is 2.46. The predicted octanol–water partition coefficient (Wildman–Crippen LogP) is 1.63. The zero-order valence-electron chi connectivity index (χ0n) is 12.4. The third-order valence-electron chi connectivity index (χ3n) is 3.73. The molecule has 0 aromatic heterocycles. The molecule has 0 amide bonds. The normalized spacial score (nSPS) is 24.5. The minimum Gasteiger partial charge on any atom is -0.314 e. The van der Waals surface area contributed by atoms with E-state index in [0.717, 1.165) is 30.1 Å². The summed E-state index contributed by atoms with van der Waals surface area (Å²) in [6, 6.07) is 0.135. The van der Waals surface area contributed by atoms with Crippen LogP contribution >= 0.6 is 0 Å². The summed E-state index contributed by atoms with van der Waals surface area (Å²) < 4.78 is 62.6. The third kappa shape index (κ3) is 6.50. The summed E-state index contributed by atoms with van der Waals surface area (Å²) in [5, 5.41) is 3.38. The lowest BCUT2D eigenvalue weighted by Gasteiger charge is -2.34. The molecule has 1 aliphatic carbocycles. The van der Waals surface area contributed by atoms with E-state index in [1.54, 1.807) is 4.72 Å². The minimum atomic E-state index is -4.55. The average molecular weight is 331 g/mol. The fourth-order valence-corrected chi connectivity index (χ4v) is 3.62. The monoisotopic (exact) mass is 331 g/mol. The van der Waals surface area contributed by atoms with Gasteiger partial charge in [0.05, 0.1) is 0 Å². The summed E-state index contributed by atoms with van der Waals surface area (Å²) in [6.45, 7) is 1.47. The molecule has 9 heteroatoms. The Labute approximate surface area is 124 Å². The molecule has 0 saturated heterocycles. The van der Waals surface area contributed by atoms with Gasteiger partial charge in [-0.15, -0.1) is 0 Å². The Bertz CT molecular complexity index is 406. The quantitative estimate of drug-likeness (QED) is 0.745. The van der Waals surface area contributed by atoms with E-state index in [9.17, 15) is 21.6 Å². The molecule has 1 rings (SSSR count). The molecule has 1 fully saturated rings. The van der Waals surface area contributed by atoms with Crippen LogP contribution in [0.25, 0.3) is 0 Å². The summed E-state index contributed by atoms with van der Waals surface area (Å²) in [6.07, 6.45) is -0.519. The van der Waals surface area contributed by atoms with Crippen LogP contribution in [0.5, 0.6) is 0 Å². The van der Waals surface area contributed by atoms with Crippen molar-refractivity contribution in [3.8, 4) is 0 Å². The van der Waals surface area contributed by atoms with Gasteiger partial charge in [-0.3, -0.25) is 0 Å². The maximum absolute atomic E-state index is 12.1. The Hall–Kier alpha value is -0.380. The Morgan fingerprint density at radius 1 is 1.19 bits per heavy atom. The van der Waals surface area contributed by atoms with Gasteiger partial charge in [-0.25, -0.2) is 0 Å². The smallest absolute Gasteiger partial charge is 0.314 e. The van der Waals surface area contributed by atoms with Crippen molar-refractivity contribution < 1.29 is 21.6 Å². The van der Waals surface area contributed by atoms with Crippen LogP contribution in [0.15, 0.2) is 0 Å². The Balaban J connectivity index is 2.47.